The van der Waals surface area contributed by atoms with Crippen LogP contribution in [-0.2, 0) is 12.0 Å². The van der Waals surface area contributed by atoms with Crippen molar-refractivity contribution < 1.29 is 0 Å². The van der Waals surface area contributed by atoms with Gasteiger partial charge in [-0.15, -0.1) is 10.2 Å². The molecule has 0 aromatic carbocycles. The Balaban J connectivity index is 2.24. The highest BCUT2D eigenvalue weighted by atomic mass is 15.3. The van der Waals surface area contributed by atoms with Gasteiger partial charge in [-0.3, -0.25) is 0 Å². The molecule has 4 heteroatoms. The molecule has 0 bridgehead atoms. The maximum atomic E-state index is 6.06. The molecule has 4 nitrogen and oxygen atoms in total. The molecule has 1 heterocycles. The molecule has 0 spiro atoms. The van der Waals surface area contributed by atoms with Crippen LogP contribution in [0.1, 0.15) is 51.8 Å². The van der Waals surface area contributed by atoms with Gasteiger partial charge in [-0.2, -0.15) is 0 Å². The summed E-state index contributed by atoms with van der Waals surface area (Å²) in [4.78, 5) is 0. The minimum absolute atomic E-state index is 0.0815. The fraction of sp³-hybridized carbons (Fsp3) is 0.846. The molecule has 1 fully saturated rings. The van der Waals surface area contributed by atoms with Gasteiger partial charge in [0.15, 0.2) is 0 Å². The van der Waals surface area contributed by atoms with Crippen LogP contribution in [0.3, 0.4) is 0 Å². The van der Waals surface area contributed by atoms with E-state index in [-0.39, 0.29) is 5.41 Å². The van der Waals surface area contributed by atoms with E-state index >= 15 is 0 Å². The SMILES string of the molecule is CCCn1cnnc1C1(CN)CCC(C)CC1. The third-order valence-corrected chi connectivity index (χ3v) is 4.18. The zero-order chi connectivity index (χ0) is 12.3. The summed E-state index contributed by atoms with van der Waals surface area (Å²) >= 11 is 0. The Kier molecular flexibility index (Phi) is 3.82. The Bertz CT molecular complexity index is 350. The summed E-state index contributed by atoms with van der Waals surface area (Å²) in [5.41, 5.74) is 6.14. The minimum Gasteiger partial charge on any atom is -0.329 e. The molecule has 0 atom stereocenters. The van der Waals surface area contributed by atoms with E-state index in [1.807, 2.05) is 6.33 Å². The molecule has 17 heavy (non-hydrogen) atoms. The van der Waals surface area contributed by atoms with Gasteiger partial charge in [-0.1, -0.05) is 13.8 Å². The second kappa shape index (κ2) is 5.17. The van der Waals surface area contributed by atoms with Crippen LogP contribution in [0.4, 0.5) is 0 Å². The molecule has 2 N–H and O–H groups in total. The minimum atomic E-state index is 0.0815. The maximum Gasteiger partial charge on any atom is 0.140 e. The number of nitrogens with zero attached hydrogens (tertiary/aromatic N) is 3. The first kappa shape index (κ1) is 12.6. The van der Waals surface area contributed by atoms with Crippen molar-refractivity contribution in [2.24, 2.45) is 11.7 Å². The van der Waals surface area contributed by atoms with Crippen molar-refractivity contribution in [3.8, 4) is 0 Å². The second-order valence-corrected chi connectivity index (χ2v) is 5.51. The Morgan fingerprint density at radius 2 is 2.18 bits per heavy atom. The molecule has 1 aromatic heterocycles. The number of nitrogens with two attached hydrogens (primary N) is 1. The van der Waals surface area contributed by atoms with Gasteiger partial charge >= 0.3 is 0 Å². The summed E-state index contributed by atoms with van der Waals surface area (Å²) in [7, 11) is 0. The van der Waals surface area contributed by atoms with Gasteiger partial charge in [0.1, 0.15) is 12.2 Å². The zero-order valence-corrected chi connectivity index (χ0v) is 11.0. The summed E-state index contributed by atoms with van der Waals surface area (Å²) in [6.45, 7) is 6.21. The van der Waals surface area contributed by atoms with E-state index in [4.69, 9.17) is 5.73 Å². The molecule has 1 saturated carbocycles. The van der Waals surface area contributed by atoms with Crippen LogP contribution in [-0.4, -0.2) is 21.3 Å². The van der Waals surface area contributed by atoms with Crippen LogP contribution in [0.2, 0.25) is 0 Å². The molecule has 2 rings (SSSR count). The van der Waals surface area contributed by atoms with Crippen molar-refractivity contribution in [3.05, 3.63) is 12.2 Å². The highest BCUT2D eigenvalue weighted by Gasteiger charge is 2.38. The Hall–Kier alpha value is -0.900. The van der Waals surface area contributed by atoms with Crippen LogP contribution in [0.25, 0.3) is 0 Å². The van der Waals surface area contributed by atoms with Crippen molar-refractivity contribution in [2.45, 2.75) is 57.9 Å². The topological polar surface area (TPSA) is 56.7 Å². The lowest BCUT2D eigenvalue weighted by Gasteiger charge is -2.37. The summed E-state index contributed by atoms with van der Waals surface area (Å²) in [6.07, 6.45) is 7.81. The normalized spacial score (nSPS) is 29.5. The summed E-state index contributed by atoms with van der Waals surface area (Å²) in [6, 6.07) is 0. The molecular weight excluding hydrogens is 212 g/mol. The van der Waals surface area contributed by atoms with Crippen LogP contribution < -0.4 is 5.73 Å². The van der Waals surface area contributed by atoms with E-state index in [0.29, 0.717) is 6.54 Å². The second-order valence-electron chi connectivity index (χ2n) is 5.51. The van der Waals surface area contributed by atoms with Gasteiger partial charge < -0.3 is 10.3 Å². The van der Waals surface area contributed by atoms with E-state index in [1.165, 1.54) is 12.8 Å². The first-order valence-corrected chi connectivity index (χ1v) is 6.80. The average Bonchev–Trinajstić information content (AvgIpc) is 2.80. The highest BCUT2D eigenvalue weighted by molar-refractivity contribution is 5.11. The monoisotopic (exact) mass is 236 g/mol. The zero-order valence-electron chi connectivity index (χ0n) is 11.0. The van der Waals surface area contributed by atoms with Crippen molar-refractivity contribution in [3.63, 3.8) is 0 Å². The predicted molar refractivity (Wildman–Crippen MR) is 68.7 cm³/mol. The smallest absolute Gasteiger partial charge is 0.140 e. The first-order chi connectivity index (χ1) is 8.22. The molecule has 1 aliphatic rings. The van der Waals surface area contributed by atoms with Crippen molar-refractivity contribution in [1.82, 2.24) is 14.8 Å². The number of aromatic nitrogens is 3. The quantitative estimate of drug-likeness (QED) is 0.871. The van der Waals surface area contributed by atoms with Crippen LogP contribution >= 0.6 is 0 Å². The van der Waals surface area contributed by atoms with Gasteiger partial charge in [0.2, 0.25) is 0 Å². The lowest BCUT2D eigenvalue weighted by molar-refractivity contribution is 0.230. The van der Waals surface area contributed by atoms with E-state index in [0.717, 1.165) is 37.5 Å². The number of aryl methyl sites for hydroxylation is 1. The fourth-order valence-corrected chi connectivity index (χ4v) is 2.90. The van der Waals surface area contributed by atoms with Gasteiger partial charge in [0.25, 0.3) is 0 Å². The fourth-order valence-electron chi connectivity index (χ4n) is 2.90. The first-order valence-electron chi connectivity index (χ1n) is 6.80. The molecule has 0 amide bonds. The van der Waals surface area contributed by atoms with Crippen molar-refractivity contribution in [1.29, 1.82) is 0 Å². The molecule has 96 valence electrons. The number of hydrogen-bond acceptors (Lipinski definition) is 3. The molecule has 1 aromatic rings. The van der Waals surface area contributed by atoms with E-state index in [9.17, 15) is 0 Å². The summed E-state index contributed by atoms with van der Waals surface area (Å²) < 4.78 is 2.20. The Morgan fingerprint density at radius 1 is 1.47 bits per heavy atom. The van der Waals surface area contributed by atoms with Gasteiger partial charge in [-0.25, -0.2) is 0 Å². The van der Waals surface area contributed by atoms with E-state index in [1.54, 1.807) is 0 Å². The van der Waals surface area contributed by atoms with Crippen LogP contribution in [0, 0.1) is 5.92 Å². The Morgan fingerprint density at radius 3 is 2.76 bits per heavy atom. The van der Waals surface area contributed by atoms with Crippen LogP contribution in [0.5, 0.6) is 0 Å². The predicted octanol–water partition coefficient (Wildman–Crippen LogP) is 2.09. The summed E-state index contributed by atoms with van der Waals surface area (Å²) in [5.74, 6) is 1.95. The molecule has 0 saturated heterocycles. The van der Waals surface area contributed by atoms with Crippen LogP contribution in [0.15, 0.2) is 6.33 Å². The standard InChI is InChI=1S/C13H24N4/c1-3-8-17-10-15-16-12(17)13(9-14)6-4-11(2)5-7-13/h10-11H,3-9,14H2,1-2H3. The summed E-state index contributed by atoms with van der Waals surface area (Å²) in [5, 5.41) is 8.44. The Labute approximate surface area is 104 Å². The van der Waals surface area contributed by atoms with Gasteiger partial charge in [0, 0.05) is 18.5 Å². The lowest BCUT2D eigenvalue weighted by Crippen LogP contribution is -2.41. The maximum absolute atomic E-state index is 6.06. The number of hydrogen-bond donors (Lipinski definition) is 1. The molecule has 1 aliphatic carbocycles. The molecule has 0 aliphatic heterocycles. The third-order valence-electron chi connectivity index (χ3n) is 4.18. The molecular formula is C13H24N4. The largest absolute Gasteiger partial charge is 0.329 e. The number of rotatable bonds is 4. The molecule has 0 radical (unpaired) electrons. The van der Waals surface area contributed by atoms with Gasteiger partial charge in [0.05, 0.1) is 0 Å². The molecule has 0 unspecified atom stereocenters. The third kappa shape index (κ3) is 2.37. The van der Waals surface area contributed by atoms with Gasteiger partial charge in [-0.05, 0) is 38.0 Å². The van der Waals surface area contributed by atoms with E-state index in [2.05, 4.69) is 28.6 Å². The van der Waals surface area contributed by atoms with E-state index < -0.39 is 0 Å². The van der Waals surface area contributed by atoms with Crippen molar-refractivity contribution in [2.75, 3.05) is 6.54 Å². The average molecular weight is 236 g/mol. The highest BCUT2D eigenvalue weighted by Crippen LogP contribution is 2.39. The van der Waals surface area contributed by atoms with Crippen molar-refractivity contribution >= 4 is 0 Å². The lowest BCUT2D eigenvalue weighted by atomic mass is 9.70.